The second-order valence-corrected chi connectivity index (χ2v) is 4.67. The van der Waals surface area contributed by atoms with Gasteiger partial charge in [0.15, 0.2) is 12.4 Å². The Labute approximate surface area is 121 Å². The number of aryl methyl sites for hydroxylation is 1. The van der Waals surface area contributed by atoms with Crippen LogP contribution in [-0.4, -0.2) is 49.4 Å². The van der Waals surface area contributed by atoms with Crippen molar-refractivity contribution in [2.24, 2.45) is 0 Å². The Morgan fingerprint density at radius 1 is 1.24 bits per heavy atom. The van der Waals surface area contributed by atoms with Crippen LogP contribution in [0.4, 0.5) is 0 Å². The van der Waals surface area contributed by atoms with Crippen molar-refractivity contribution in [3.8, 4) is 0 Å². The molecule has 0 aromatic carbocycles. The van der Waals surface area contributed by atoms with Gasteiger partial charge in [0.05, 0.1) is 6.42 Å². The van der Waals surface area contributed by atoms with Crippen LogP contribution in [0.2, 0.25) is 0 Å². The average molecular weight is 295 g/mol. The first-order valence-electron chi connectivity index (χ1n) is 6.85. The number of carbonyl (C=O) groups excluding carboxylic acids is 3. The molecule has 1 aliphatic rings. The van der Waals surface area contributed by atoms with E-state index in [2.05, 4.69) is 15.5 Å². The molecular formula is C12H17N5O4. The predicted molar refractivity (Wildman–Crippen MR) is 68.5 cm³/mol. The predicted octanol–water partition coefficient (Wildman–Crippen LogP) is -0.335. The molecule has 1 aromatic heterocycles. The van der Waals surface area contributed by atoms with Gasteiger partial charge in [-0.15, -0.1) is 5.10 Å². The average Bonchev–Trinajstić information content (AvgIpc) is 3.03. The third-order valence-electron chi connectivity index (χ3n) is 3.10. The Hall–Kier alpha value is -2.32. The topological polar surface area (TPSA) is 107 Å². The number of esters is 1. The first-order chi connectivity index (χ1) is 10.1. The number of ether oxygens (including phenoxy) is 1. The van der Waals surface area contributed by atoms with E-state index in [4.69, 9.17) is 4.74 Å². The highest BCUT2D eigenvalue weighted by Gasteiger charge is 2.29. The van der Waals surface area contributed by atoms with Gasteiger partial charge >= 0.3 is 5.97 Å². The zero-order chi connectivity index (χ0) is 15.2. The summed E-state index contributed by atoms with van der Waals surface area (Å²) in [4.78, 5) is 35.5. The maximum atomic E-state index is 11.6. The molecule has 2 rings (SSSR count). The zero-order valence-electron chi connectivity index (χ0n) is 11.8. The van der Waals surface area contributed by atoms with Crippen LogP contribution in [0, 0.1) is 0 Å². The molecule has 2 heterocycles. The van der Waals surface area contributed by atoms with Crippen LogP contribution >= 0.6 is 0 Å². The normalized spacial score (nSPS) is 14.8. The van der Waals surface area contributed by atoms with E-state index in [9.17, 15) is 14.4 Å². The Balaban J connectivity index is 1.76. The summed E-state index contributed by atoms with van der Waals surface area (Å²) in [5.74, 6) is -0.494. The molecule has 0 atom stereocenters. The molecule has 0 aliphatic carbocycles. The Bertz CT molecular complexity index is 526. The van der Waals surface area contributed by atoms with Crippen LogP contribution < -0.4 is 0 Å². The van der Waals surface area contributed by atoms with Crippen LogP contribution in [0.3, 0.4) is 0 Å². The van der Waals surface area contributed by atoms with Gasteiger partial charge < -0.3 is 4.74 Å². The van der Waals surface area contributed by atoms with Gasteiger partial charge in [-0.1, -0.05) is 6.92 Å². The summed E-state index contributed by atoms with van der Waals surface area (Å²) in [6.07, 6.45) is 1.29. The molecule has 0 unspecified atom stereocenters. The standard InChI is InChI=1S/C12H17N5O4/c1-2-6-17-9(13-14-15-17)8-21-12(20)5-7-16-10(18)3-4-11(16)19/h2-8H2,1H3. The third-order valence-corrected chi connectivity index (χ3v) is 3.10. The summed E-state index contributed by atoms with van der Waals surface area (Å²) >= 11 is 0. The number of amides is 2. The first kappa shape index (κ1) is 15.1. The number of imide groups is 1. The van der Waals surface area contributed by atoms with E-state index in [1.165, 1.54) is 0 Å². The maximum Gasteiger partial charge on any atom is 0.308 e. The highest BCUT2D eigenvalue weighted by Crippen LogP contribution is 2.12. The molecule has 0 bridgehead atoms. The molecule has 9 heteroatoms. The van der Waals surface area contributed by atoms with Gasteiger partial charge in [0.25, 0.3) is 0 Å². The highest BCUT2D eigenvalue weighted by molar-refractivity contribution is 6.02. The monoisotopic (exact) mass is 295 g/mol. The van der Waals surface area contributed by atoms with E-state index in [0.29, 0.717) is 12.4 Å². The molecule has 0 saturated carbocycles. The second kappa shape index (κ2) is 6.91. The van der Waals surface area contributed by atoms with E-state index in [0.717, 1.165) is 11.3 Å². The fourth-order valence-corrected chi connectivity index (χ4v) is 2.00. The van der Waals surface area contributed by atoms with Crippen LogP contribution in [-0.2, 0) is 32.3 Å². The van der Waals surface area contributed by atoms with E-state index in [-0.39, 0.29) is 44.2 Å². The molecule has 1 fully saturated rings. The minimum Gasteiger partial charge on any atom is -0.457 e. The number of rotatable bonds is 7. The number of hydrogen-bond acceptors (Lipinski definition) is 7. The molecular weight excluding hydrogens is 278 g/mol. The summed E-state index contributed by atoms with van der Waals surface area (Å²) in [7, 11) is 0. The molecule has 0 radical (unpaired) electrons. The van der Waals surface area contributed by atoms with Gasteiger partial charge in [-0.2, -0.15) is 0 Å². The van der Waals surface area contributed by atoms with E-state index < -0.39 is 5.97 Å². The highest BCUT2D eigenvalue weighted by atomic mass is 16.5. The fraction of sp³-hybridized carbons (Fsp3) is 0.667. The molecule has 1 aliphatic heterocycles. The summed E-state index contributed by atoms with van der Waals surface area (Å²) in [5.41, 5.74) is 0. The third kappa shape index (κ3) is 3.83. The van der Waals surface area contributed by atoms with E-state index in [1.807, 2.05) is 6.92 Å². The SMILES string of the molecule is CCCn1nnnc1COC(=O)CCN1C(=O)CCC1=O. The number of likely N-dealkylation sites (tertiary alicyclic amines) is 1. The number of hydrogen-bond donors (Lipinski definition) is 0. The molecule has 2 amide bonds. The smallest absolute Gasteiger partial charge is 0.308 e. The van der Waals surface area contributed by atoms with Crippen molar-refractivity contribution < 1.29 is 19.1 Å². The summed E-state index contributed by atoms with van der Waals surface area (Å²) < 4.78 is 6.62. The Morgan fingerprint density at radius 2 is 1.95 bits per heavy atom. The van der Waals surface area contributed by atoms with Gasteiger partial charge in [0.1, 0.15) is 0 Å². The van der Waals surface area contributed by atoms with E-state index in [1.54, 1.807) is 4.68 Å². The number of tetrazole rings is 1. The first-order valence-corrected chi connectivity index (χ1v) is 6.85. The van der Waals surface area contributed by atoms with Gasteiger partial charge in [-0.05, 0) is 16.8 Å². The van der Waals surface area contributed by atoms with Crippen molar-refractivity contribution in [3.63, 3.8) is 0 Å². The number of carbonyl (C=O) groups is 3. The lowest BCUT2D eigenvalue weighted by atomic mass is 10.4. The Kier molecular flexibility index (Phi) is 4.96. The van der Waals surface area contributed by atoms with Crippen LogP contribution in [0.5, 0.6) is 0 Å². The zero-order valence-corrected chi connectivity index (χ0v) is 11.8. The van der Waals surface area contributed by atoms with Crippen molar-refractivity contribution in [1.82, 2.24) is 25.1 Å². The van der Waals surface area contributed by atoms with Crippen molar-refractivity contribution in [2.75, 3.05) is 6.54 Å². The van der Waals surface area contributed by atoms with Crippen molar-refractivity contribution in [2.45, 2.75) is 45.8 Å². The van der Waals surface area contributed by atoms with Crippen molar-refractivity contribution in [3.05, 3.63) is 5.82 Å². The second-order valence-electron chi connectivity index (χ2n) is 4.67. The lowest BCUT2D eigenvalue weighted by molar-refractivity contribution is -0.146. The van der Waals surface area contributed by atoms with Gasteiger partial charge in [-0.25, -0.2) is 4.68 Å². The molecule has 9 nitrogen and oxygen atoms in total. The largest absolute Gasteiger partial charge is 0.457 e. The lowest BCUT2D eigenvalue weighted by Crippen LogP contribution is -2.31. The van der Waals surface area contributed by atoms with Gasteiger partial charge in [-0.3, -0.25) is 19.3 Å². The van der Waals surface area contributed by atoms with Crippen molar-refractivity contribution >= 4 is 17.8 Å². The molecule has 114 valence electrons. The van der Waals surface area contributed by atoms with Crippen molar-refractivity contribution in [1.29, 1.82) is 0 Å². The quantitative estimate of drug-likeness (QED) is 0.500. The maximum absolute atomic E-state index is 11.6. The van der Waals surface area contributed by atoms with Gasteiger partial charge in [0, 0.05) is 25.9 Å². The summed E-state index contributed by atoms with van der Waals surface area (Å²) in [5, 5.41) is 11.1. The van der Waals surface area contributed by atoms with E-state index >= 15 is 0 Å². The molecule has 1 saturated heterocycles. The number of aromatic nitrogens is 4. The lowest BCUT2D eigenvalue weighted by Gasteiger charge is -2.12. The molecule has 0 spiro atoms. The Morgan fingerprint density at radius 3 is 2.62 bits per heavy atom. The van der Waals surface area contributed by atoms with Crippen LogP contribution in [0.15, 0.2) is 0 Å². The molecule has 21 heavy (non-hydrogen) atoms. The summed E-state index contributed by atoms with van der Waals surface area (Å²) in [6, 6.07) is 0. The summed E-state index contributed by atoms with van der Waals surface area (Å²) in [6.45, 7) is 2.68. The molecule has 0 N–H and O–H groups in total. The fourth-order valence-electron chi connectivity index (χ4n) is 2.00. The molecule has 1 aromatic rings. The van der Waals surface area contributed by atoms with Crippen LogP contribution in [0.25, 0.3) is 0 Å². The van der Waals surface area contributed by atoms with Gasteiger partial charge in [0.2, 0.25) is 11.8 Å². The number of nitrogens with zero attached hydrogens (tertiary/aromatic N) is 5. The minimum absolute atomic E-state index is 0.0201. The minimum atomic E-state index is -0.492. The van der Waals surface area contributed by atoms with Crippen LogP contribution in [0.1, 0.15) is 38.4 Å².